The maximum atomic E-state index is 2.41. The quantitative estimate of drug-likeness (QED) is 0.605. The molecule has 10 heavy (non-hydrogen) atoms. The SMILES string of the molecule is C[AsH](C)(C)c1ccccc1. The van der Waals surface area contributed by atoms with Crippen molar-refractivity contribution in [1.29, 1.82) is 0 Å². The molecule has 1 aromatic carbocycles. The molecule has 0 radical (unpaired) electrons. The van der Waals surface area contributed by atoms with Crippen LogP contribution in [0, 0.1) is 0 Å². The van der Waals surface area contributed by atoms with Gasteiger partial charge in [-0.1, -0.05) is 0 Å². The van der Waals surface area contributed by atoms with Gasteiger partial charge in [-0.25, -0.2) is 0 Å². The second-order valence-electron chi connectivity index (χ2n) is 3.62. The van der Waals surface area contributed by atoms with Crippen molar-refractivity contribution in [1.82, 2.24) is 0 Å². The third-order valence-electron chi connectivity index (χ3n) is 1.64. The van der Waals surface area contributed by atoms with E-state index in [2.05, 4.69) is 47.5 Å². The molecule has 0 aliphatic heterocycles. The molecule has 0 saturated heterocycles. The van der Waals surface area contributed by atoms with Crippen LogP contribution in [-0.4, -0.2) is 13.6 Å². The van der Waals surface area contributed by atoms with Crippen LogP contribution in [0.4, 0.5) is 0 Å². The van der Waals surface area contributed by atoms with Crippen LogP contribution in [0.1, 0.15) is 0 Å². The molecule has 0 amide bonds. The monoisotopic (exact) mass is 198 g/mol. The predicted molar refractivity (Wildman–Crippen MR) is 50.8 cm³/mol. The summed E-state index contributed by atoms with van der Waals surface area (Å²) >= 11 is -1.50. The molecule has 1 aromatic rings. The second kappa shape index (κ2) is 2.80. The van der Waals surface area contributed by atoms with E-state index in [0.717, 1.165) is 0 Å². The topological polar surface area (TPSA) is 0 Å². The maximum absolute atomic E-state index is 2.41. The number of hydrogen-bond acceptors (Lipinski definition) is 0. The van der Waals surface area contributed by atoms with Gasteiger partial charge in [0.25, 0.3) is 0 Å². The van der Waals surface area contributed by atoms with Crippen molar-refractivity contribution >= 4 is 17.9 Å². The van der Waals surface area contributed by atoms with E-state index in [4.69, 9.17) is 0 Å². The summed E-state index contributed by atoms with van der Waals surface area (Å²) in [6, 6.07) is 10.8. The molecule has 1 rings (SSSR count). The van der Waals surface area contributed by atoms with Crippen molar-refractivity contribution in [3.8, 4) is 0 Å². The van der Waals surface area contributed by atoms with Crippen molar-refractivity contribution in [2.75, 3.05) is 0 Å². The molecule has 0 saturated carbocycles. The summed E-state index contributed by atoms with van der Waals surface area (Å²) in [6.07, 6.45) is 0. The molecule has 0 nitrogen and oxygen atoms in total. The minimum absolute atomic E-state index is 1.50. The summed E-state index contributed by atoms with van der Waals surface area (Å²) in [7, 11) is 0. The predicted octanol–water partition coefficient (Wildman–Crippen LogP) is 1.96. The van der Waals surface area contributed by atoms with Crippen LogP contribution >= 0.6 is 0 Å². The fourth-order valence-electron chi connectivity index (χ4n) is 0.938. The van der Waals surface area contributed by atoms with Gasteiger partial charge in [-0.15, -0.1) is 0 Å². The Morgan fingerprint density at radius 2 is 1.40 bits per heavy atom. The molecule has 0 atom stereocenters. The summed E-state index contributed by atoms with van der Waals surface area (Å²) in [5.41, 5.74) is 7.24. The first kappa shape index (κ1) is 7.88. The summed E-state index contributed by atoms with van der Waals surface area (Å²) in [5.74, 6) is 0. The molecule has 1 heteroatoms. The molecule has 0 aliphatic rings. The van der Waals surface area contributed by atoms with Gasteiger partial charge in [-0.3, -0.25) is 0 Å². The molecular weight excluding hydrogens is 183 g/mol. The number of rotatable bonds is 1. The third kappa shape index (κ3) is 1.88. The van der Waals surface area contributed by atoms with E-state index in [1.165, 1.54) is 0 Å². The van der Waals surface area contributed by atoms with Gasteiger partial charge in [0.05, 0.1) is 0 Å². The molecule has 0 N–H and O–H groups in total. The van der Waals surface area contributed by atoms with Crippen molar-refractivity contribution in [3.05, 3.63) is 30.3 Å². The van der Waals surface area contributed by atoms with Gasteiger partial charge in [0.1, 0.15) is 0 Å². The molecule has 56 valence electrons. The van der Waals surface area contributed by atoms with Crippen LogP contribution in [0.5, 0.6) is 0 Å². The third-order valence-corrected chi connectivity index (χ3v) is 5.97. The van der Waals surface area contributed by atoms with Crippen LogP contribution < -0.4 is 4.35 Å². The molecular formula is C9H15As. The zero-order valence-electron chi connectivity index (χ0n) is 6.89. The van der Waals surface area contributed by atoms with Crippen LogP contribution in [0.3, 0.4) is 0 Å². The fourth-order valence-corrected chi connectivity index (χ4v) is 3.44. The van der Waals surface area contributed by atoms with Gasteiger partial charge in [-0.2, -0.15) is 0 Å². The Bertz CT molecular complexity index is 196. The second-order valence-corrected chi connectivity index (χ2v) is 14.3. The first-order valence-corrected chi connectivity index (χ1v) is 11.0. The molecule has 0 unspecified atom stereocenters. The Labute approximate surface area is 65.7 Å². The van der Waals surface area contributed by atoms with Crippen molar-refractivity contribution in [2.24, 2.45) is 0 Å². The van der Waals surface area contributed by atoms with Gasteiger partial charge >= 0.3 is 65.4 Å². The molecule has 0 aromatic heterocycles. The van der Waals surface area contributed by atoms with Gasteiger partial charge < -0.3 is 0 Å². The zero-order valence-corrected chi connectivity index (χ0v) is 8.98. The first-order valence-electron chi connectivity index (χ1n) is 3.66. The Morgan fingerprint density at radius 1 is 0.900 bits per heavy atom. The molecule has 0 spiro atoms. The first-order chi connectivity index (χ1) is 4.61. The van der Waals surface area contributed by atoms with Gasteiger partial charge in [0.15, 0.2) is 0 Å². The van der Waals surface area contributed by atoms with Gasteiger partial charge in [-0.05, 0) is 0 Å². The van der Waals surface area contributed by atoms with E-state index in [-0.39, 0.29) is 0 Å². The van der Waals surface area contributed by atoms with Crippen molar-refractivity contribution < 1.29 is 0 Å². The Balaban J connectivity index is 2.97. The number of benzene rings is 1. The van der Waals surface area contributed by atoms with Crippen molar-refractivity contribution in [2.45, 2.75) is 17.1 Å². The van der Waals surface area contributed by atoms with Crippen LogP contribution in [-0.2, 0) is 0 Å². The summed E-state index contributed by atoms with van der Waals surface area (Å²) in [4.78, 5) is 0. The van der Waals surface area contributed by atoms with Crippen LogP contribution in [0.25, 0.3) is 0 Å². The van der Waals surface area contributed by atoms with E-state index >= 15 is 0 Å². The van der Waals surface area contributed by atoms with Gasteiger partial charge in [0.2, 0.25) is 0 Å². The van der Waals surface area contributed by atoms with E-state index in [1.54, 1.807) is 4.35 Å². The van der Waals surface area contributed by atoms with Crippen molar-refractivity contribution in [3.63, 3.8) is 0 Å². The zero-order chi connectivity index (χ0) is 7.61. The van der Waals surface area contributed by atoms with E-state index in [9.17, 15) is 0 Å². The van der Waals surface area contributed by atoms with E-state index < -0.39 is 13.6 Å². The minimum atomic E-state index is -1.50. The van der Waals surface area contributed by atoms with E-state index in [0.29, 0.717) is 0 Å². The van der Waals surface area contributed by atoms with E-state index in [1.807, 2.05) is 0 Å². The molecule has 0 heterocycles. The Hall–Kier alpha value is -0.222. The van der Waals surface area contributed by atoms with Crippen LogP contribution in [0.2, 0.25) is 17.1 Å². The summed E-state index contributed by atoms with van der Waals surface area (Å²) in [6.45, 7) is 0. The normalized spacial score (nSPS) is 13.1. The van der Waals surface area contributed by atoms with Crippen LogP contribution in [0.15, 0.2) is 30.3 Å². The summed E-state index contributed by atoms with van der Waals surface area (Å²) in [5, 5.41) is 0. The molecule has 0 fully saturated rings. The number of hydrogen-bond donors (Lipinski definition) is 0. The molecule has 0 aliphatic carbocycles. The molecule has 0 bridgehead atoms. The Kier molecular flexibility index (Phi) is 2.20. The average molecular weight is 198 g/mol. The Morgan fingerprint density at radius 3 is 1.70 bits per heavy atom. The summed E-state index contributed by atoms with van der Waals surface area (Å²) < 4.78 is 1.59. The fraction of sp³-hybridized carbons (Fsp3) is 0.333. The van der Waals surface area contributed by atoms with Gasteiger partial charge in [0, 0.05) is 0 Å². The standard InChI is InChI=1S/C9H15As/c1-10(2,3)9-7-5-4-6-8-9/h4-8,10H,1-3H3. The average Bonchev–Trinajstić information content (AvgIpc) is 1.88.